The van der Waals surface area contributed by atoms with Crippen molar-refractivity contribution >= 4 is 22.9 Å². The highest BCUT2D eigenvalue weighted by Crippen LogP contribution is 2.49. The zero-order chi connectivity index (χ0) is 26.4. The number of nitrogens with zero attached hydrogens (tertiary/aromatic N) is 3. The van der Waals surface area contributed by atoms with E-state index in [9.17, 15) is 9.90 Å². The Bertz CT molecular complexity index is 1690. The maximum atomic E-state index is 13.8. The lowest BCUT2D eigenvalue weighted by Crippen LogP contribution is -2.18. The van der Waals surface area contributed by atoms with Crippen LogP contribution < -0.4 is 18.9 Å². The minimum atomic E-state index is -0.357. The van der Waals surface area contributed by atoms with Gasteiger partial charge in [0.15, 0.2) is 23.0 Å². The summed E-state index contributed by atoms with van der Waals surface area (Å²) in [6, 6.07) is 17.9. The van der Waals surface area contributed by atoms with Crippen molar-refractivity contribution in [2.24, 2.45) is 5.10 Å². The summed E-state index contributed by atoms with van der Waals surface area (Å²) in [5.41, 5.74) is 3.40. The molecule has 2 aliphatic rings. The van der Waals surface area contributed by atoms with Crippen LogP contribution in [0.5, 0.6) is 28.7 Å². The number of ether oxygens (including phenoxy) is 4. The Kier molecular flexibility index (Phi) is 5.50. The molecular weight excluding hydrogens is 486 g/mol. The summed E-state index contributed by atoms with van der Waals surface area (Å²) in [6.07, 6.45) is 1.55. The van der Waals surface area contributed by atoms with Gasteiger partial charge in [-0.25, -0.2) is 5.01 Å². The largest absolute Gasteiger partial charge is 0.507 e. The topological polar surface area (TPSA) is 114 Å². The number of rotatable bonds is 5. The Hall–Kier alpha value is -5.23. The third-order valence-electron chi connectivity index (χ3n) is 6.69. The molecule has 1 N–H and O–H groups in total. The van der Waals surface area contributed by atoms with E-state index in [4.69, 9.17) is 24.2 Å². The first-order chi connectivity index (χ1) is 18.5. The van der Waals surface area contributed by atoms with E-state index in [-0.39, 0.29) is 25.0 Å². The molecule has 0 atom stereocenters. The number of benzene rings is 4. The highest BCUT2D eigenvalue weighted by molar-refractivity contribution is 6.15. The lowest BCUT2D eigenvalue weighted by atomic mass is 9.89. The number of nitriles is 1. The van der Waals surface area contributed by atoms with Crippen LogP contribution in [0.3, 0.4) is 0 Å². The molecule has 9 heteroatoms. The van der Waals surface area contributed by atoms with Gasteiger partial charge >= 0.3 is 0 Å². The second-order valence-electron chi connectivity index (χ2n) is 8.74. The van der Waals surface area contributed by atoms with E-state index in [1.807, 2.05) is 12.1 Å². The number of carbonyl (C=O) groups is 1. The lowest BCUT2D eigenvalue weighted by Gasteiger charge is -2.17. The van der Waals surface area contributed by atoms with Crippen LogP contribution in [-0.4, -0.2) is 43.2 Å². The van der Waals surface area contributed by atoms with Crippen molar-refractivity contribution in [3.8, 4) is 45.9 Å². The molecule has 0 bridgehead atoms. The first kappa shape index (κ1) is 23.2. The summed E-state index contributed by atoms with van der Waals surface area (Å²) in [5, 5.41) is 27.2. The molecule has 4 aromatic rings. The van der Waals surface area contributed by atoms with Gasteiger partial charge in [-0.1, -0.05) is 18.2 Å². The Labute approximate surface area is 217 Å². The molecule has 9 nitrogen and oxygen atoms in total. The van der Waals surface area contributed by atoms with Gasteiger partial charge in [0.1, 0.15) is 5.75 Å². The Morgan fingerprint density at radius 2 is 1.68 bits per heavy atom. The molecule has 4 aromatic carbocycles. The Balaban J connectivity index is 1.53. The summed E-state index contributed by atoms with van der Waals surface area (Å²) in [7, 11) is 3.05. The third kappa shape index (κ3) is 3.62. The van der Waals surface area contributed by atoms with Gasteiger partial charge in [0, 0.05) is 16.5 Å². The van der Waals surface area contributed by atoms with E-state index < -0.39 is 0 Å². The average molecular weight is 508 g/mol. The van der Waals surface area contributed by atoms with E-state index in [1.165, 1.54) is 19.2 Å². The van der Waals surface area contributed by atoms with E-state index in [0.717, 1.165) is 5.56 Å². The SMILES string of the molecule is COc1cc2c(O)c3c(c(-c4ccc5c(c4)OCO5)c2cc1OC)C(=O)N(/N=C/c1ccc(C#N)cc1)C3. The van der Waals surface area contributed by atoms with Gasteiger partial charge in [0.05, 0.1) is 44.2 Å². The molecule has 0 saturated carbocycles. The quantitative estimate of drug-likeness (QED) is 0.385. The fourth-order valence-corrected chi connectivity index (χ4v) is 4.81. The fourth-order valence-electron chi connectivity index (χ4n) is 4.81. The molecule has 2 heterocycles. The van der Waals surface area contributed by atoms with Gasteiger partial charge in [-0.05, 0) is 52.9 Å². The molecule has 0 unspecified atom stereocenters. The smallest absolute Gasteiger partial charge is 0.275 e. The van der Waals surface area contributed by atoms with Crippen molar-refractivity contribution in [1.29, 1.82) is 5.26 Å². The molecule has 2 aliphatic heterocycles. The predicted molar refractivity (Wildman–Crippen MR) is 139 cm³/mol. The molecular formula is C29H21N3O6. The van der Waals surface area contributed by atoms with Gasteiger partial charge in [-0.3, -0.25) is 4.79 Å². The minimum Gasteiger partial charge on any atom is -0.507 e. The number of carbonyl (C=O) groups excluding carboxylic acids is 1. The molecule has 0 aromatic heterocycles. The highest BCUT2D eigenvalue weighted by atomic mass is 16.7. The summed E-state index contributed by atoms with van der Waals surface area (Å²) in [4.78, 5) is 13.8. The first-order valence-corrected chi connectivity index (χ1v) is 11.7. The normalized spacial score (nSPS) is 13.7. The summed E-state index contributed by atoms with van der Waals surface area (Å²) in [5.74, 6) is 1.72. The number of aromatic hydroxyl groups is 1. The number of hydrazone groups is 1. The van der Waals surface area contributed by atoms with Crippen LogP contribution in [0, 0.1) is 11.3 Å². The number of fused-ring (bicyclic) bond motifs is 3. The number of hydrogen-bond acceptors (Lipinski definition) is 8. The fraction of sp³-hybridized carbons (Fsp3) is 0.138. The maximum Gasteiger partial charge on any atom is 0.275 e. The monoisotopic (exact) mass is 507 g/mol. The third-order valence-corrected chi connectivity index (χ3v) is 6.69. The number of amides is 1. The second-order valence-corrected chi connectivity index (χ2v) is 8.74. The van der Waals surface area contributed by atoms with Gasteiger partial charge in [0.2, 0.25) is 6.79 Å². The number of phenols is 1. The van der Waals surface area contributed by atoms with Crippen molar-refractivity contribution in [2.75, 3.05) is 21.0 Å². The van der Waals surface area contributed by atoms with Crippen LogP contribution >= 0.6 is 0 Å². The first-order valence-electron chi connectivity index (χ1n) is 11.7. The van der Waals surface area contributed by atoms with Crippen LogP contribution in [0.25, 0.3) is 21.9 Å². The number of methoxy groups -OCH3 is 2. The number of phenolic OH excluding ortho intramolecular Hbond substituents is 1. The van der Waals surface area contributed by atoms with E-state index in [2.05, 4.69) is 11.2 Å². The molecule has 0 spiro atoms. The molecule has 0 fully saturated rings. The molecule has 188 valence electrons. The summed E-state index contributed by atoms with van der Waals surface area (Å²) in [6.45, 7) is 0.198. The standard InChI is InChI=1S/C29H21N3O6/c1-35-23-10-19-20(11-24(23)36-2)28(33)21-14-32(31-13-17-5-3-16(12-30)4-6-17)29(34)27(21)26(19)18-7-8-22-25(9-18)38-15-37-22/h3-11,13,33H,14-15H2,1-2H3/b31-13+. The van der Waals surface area contributed by atoms with Crippen LogP contribution in [-0.2, 0) is 6.54 Å². The second kappa shape index (κ2) is 9.01. The minimum absolute atomic E-state index is 0.0233. The average Bonchev–Trinajstić information content (AvgIpc) is 3.56. The van der Waals surface area contributed by atoms with Crippen LogP contribution in [0.4, 0.5) is 0 Å². The van der Waals surface area contributed by atoms with Crippen LogP contribution in [0.2, 0.25) is 0 Å². The Morgan fingerprint density at radius 1 is 0.974 bits per heavy atom. The summed E-state index contributed by atoms with van der Waals surface area (Å²) >= 11 is 0. The Morgan fingerprint density at radius 3 is 2.39 bits per heavy atom. The van der Waals surface area contributed by atoms with Crippen molar-refractivity contribution in [3.63, 3.8) is 0 Å². The molecule has 0 saturated heterocycles. The van der Waals surface area contributed by atoms with Gasteiger partial charge in [-0.2, -0.15) is 10.4 Å². The molecule has 0 radical (unpaired) electrons. The van der Waals surface area contributed by atoms with Crippen molar-refractivity contribution < 1.29 is 28.8 Å². The zero-order valence-electron chi connectivity index (χ0n) is 20.5. The van der Waals surface area contributed by atoms with Gasteiger partial charge in [0.25, 0.3) is 5.91 Å². The van der Waals surface area contributed by atoms with Crippen LogP contribution in [0.1, 0.15) is 27.0 Å². The number of hydrogen-bond donors (Lipinski definition) is 1. The van der Waals surface area contributed by atoms with Crippen LogP contribution in [0.15, 0.2) is 59.7 Å². The maximum absolute atomic E-state index is 13.8. The highest BCUT2D eigenvalue weighted by Gasteiger charge is 2.36. The lowest BCUT2D eigenvalue weighted by molar-refractivity contribution is 0.0785. The molecule has 0 aliphatic carbocycles. The molecule has 1 amide bonds. The van der Waals surface area contributed by atoms with E-state index in [0.29, 0.717) is 61.6 Å². The van der Waals surface area contributed by atoms with Gasteiger partial charge in [-0.15, -0.1) is 0 Å². The van der Waals surface area contributed by atoms with Crippen molar-refractivity contribution in [2.45, 2.75) is 6.54 Å². The zero-order valence-corrected chi connectivity index (χ0v) is 20.5. The van der Waals surface area contributed by atoms with E-state index in [1.54, 1.807) is 48.7 Å². The predicted octanol–water partition coefficient (Wildman–Crippen LogP) is 4.82. The molecule has 38 heavy (non-hydrogen) atoms. The van der Waals surface area contributed by atoms with Crippen molar-refractivity contribution in [1.82, 2.24) is 5.01 Å². The van der Waals surface area contributed by atoms with Gasteiger partial charge < -0.3 is 24.1 Å². The summed E-state index contributed by atoms with van der Waals surface area (Å²) < 4.78 is 22.1. The molecule has 6 rings (SSSR count). The van der Waals surface area contributed by atoms with Crippen molar-refractivity contribution in [3.05, 3.63) is 76.9 Å². The van der Waals surface area contributed by atoms with E-state index >= 15 is 0 Å².